The van der Waals surface area contributed by atoms with Gasteiger partial charge in [-0.2, -0.15) is 0 Å². The molecule has 0 aliphatic carbocycles. The first-order valence-corrected chi connectivity index (χ1v) is 5.36. The van der Waals surface area contributed by atoms with Crippen LogP contribution in [0.1, 0.15) is 18.9 Å². The highest BCUT2D eigenvalue weighted by Gasteiger charge is 2.07. The van der Waals surface area contributed by atoms with Crippen LogP contribution in [0.3, 0.4) is 0 Å². The van der Waals surface area contributed by atoms with E-state index in [1.54, 1.807) is 17.5 Å². The molecule has 1 atom stereocenters. The molecule has 1 heterocycles. The minimum Gasteiger partial charge on any atom is -0.391 e. The molecule has 3 nitrogen and oxygen atoms in total. The molecule has 4 heteroatoms. The summed E-state index contributed by atoms with van der Waals surface area (Å²) in [6.45, 7) is 4.77. The molecule has 13 heavy (non-hydrogen) atoms. The van der Waals surface area contributed by atoms with Crippen molar-refractivity contribution in [2.45, 2.75) is 32.4 Å². The zero-order valence-corrected chi connectivity index (χ0v) is 8.84. The van der Waals surface area contributed by atoms with Crippen LogP contribution in [0.25, 0.3) is 0 Å². The van der Waals surface area contributed by atoms with Gasteiger partial charge >= 0.3 is 0 Å². The number of nitrogens with zero attached hydrogens (tertiary/aromatic N) is 1. The fraction of sp³-hybridized carbons (Fsp3) is 0.667. The van der Waals surface area contributed by atoms with Crippen LogP contribution in [0.15, 0.2) is 11.6 Å². The molecule has 0 bridgehead atoms. The molecule has 0 fully saturated rings. The summed E-state index contributed by atoms with van der Waals surface area (Å²) in [6.07, 6.45) is 2.09. The first-order valence-electron chi connectivity index (χ1n) is 4.48. The van der Waals surface area contributed by atoms with E-state index in [0.717, 1.165) is 5.01 Å². The monoisotopic (exact) mass is 200 g/mol. The van der Waals surface area contributed by atoms with E-state index in [0.29, 0.717) is 19.0 Å². The van der Waals surface area contributed by atoms with E-state index in [9.17, 15) is 5.11 Å². The lowest BCUT2D eigenvalue weighted by molar-refractivity contribution is 0.169. The Bertz CT molecular complexity index is 224. The minimum absolute atomic E-state index is 0.325. The maximum atomic E-state index is 9.57. The molecule has 0 aliphatic rings. The van der Waals surface area contributed by atoms with Crippen LogP contribution in [-0.4, -0.2) is 28.8 Å². The van der Waals surface area contributed by atoms with E-state index in [2.05, 4.69) is 24.1 Å². The van der Waals surface area contributed by atoms with Gasteiger partial charge in [-0.1, -0.05) is 13.8 Å². The molecule has 0 saturated heterocycles. The van der Waals surface area contributed by atoms with Gasteiger partial charge in [0.25, 0.3) is 0 Å². The van der Waals surface area contributed by atoms with Crippen LogP contribution in [0, 0.1) is 0 Å². The Morgan fingerprint density at radius 2 is 2.38 bits per heavy atom. The molecule has 0 aliphatic heterocycles. The standard InChI is InChI=1S/C9H16N2OS/c1-7(2)11-6-8(12)5-9-10-3-4-13-9/h3-4,7-8,11-12H,5-6H2,1-2H3. The summed E-state index contributed by atoms with van der Waals surface area (Å²) in [5, 5.41) is 15.7. The van der Waals surface area contributed by atoms with Crippen molar-refractivity contribution < 1.29 is 5.11 Å². The second-order valence-electron chi connectivity index (χ2n) is 3.35. The molecule has 0 amide bonds. The highest BCUT2D eigenvalue weighted by Crippen LogP contribution is 2.06. The van der Waals surface area contributed by atoms with E-state index in [4.69, 9.17) is 0 Å². The lowest BCUT2D eigenvalue weighted by atomic mass is 10.2. The number of nitrogens with one attached hydrogen (secondary N) is 1. The van der Waals surface area contributed by atoms with Gasteiger partial charge in [0.15, 0.2) is 0 Å². The van der Waals surface area contributed by atoms with Gasteiger partial charge in [0.05, 0.1) is 11.1 Å². The summed E-state index contributed by atoms with van der Waals surface area (Å²) in [7, 11) is 0. The van der Waals surface area contributed by atoms with E-state index in [-0.39, 0.29) is 6.10 Å². The summed E-state index contributed by atoms with van der Waals surface area (Å²) in [4.78, 5) is 4.11. The lowest BCUT2D eigenvalue weighted by Gasteiger charge is -2.12. The Labute approximate surface area is 82.8 Å². The Morgan fingerprint density at radius 3 is 2.92 bits per heavy atom. The summed E-state index contributed by atoms with van der Waals surface area (Å²) in [6, 6.07) is 0.422. The zero-order valence-electron chi connectivity index (χ0n) is 8.03. The van der Waals surface area contributed by atoms with Gasteiger partial charge in [-0.05, 0) is 0 Å². The van der Waals surface area contributed by atoms with Crippen molar-refractivity contribution in [3.63, 3.8) is 0 Å². The molecule has 74 valence electrons. The third kappa shape index (κ3) is 4.36. The van der Waals surface area contributed by atoms with E-state index < -0.39 is 0 Å². The second kappa shape index (κ2) is 5.32. The van der Waals surface area contributed by atoms with Crippen LogP contribution in [0.2, 0.25) is 0 Å². The summed E-state index contributed by atoms with van der Waals surface area (Å²) < 4.78 is 0. The fourth-order valence-corrected chi connectivity index (χ4v) is 1.69. The van der Waals surface area contributed by atoms with Crippen LogP contribution in [0.5, 0.6) is 0 Å². The largest absolute Gasteiger partial charge is 0.391 e. The smallest absolute Gasteiger partial charge is 0.0951 e. The molecule has 0 spiro atoms. The van der Waals surface area contributed by atoms with Crippen molar-refractivity contribution in [3.8, 4) is 0 Å². The molecule has 1 unspecified atom stereocenters. The number of aliphatic hydroxyl groups is 1. The molecule has 1 rings (SSSR count). The summed E-state index contributed by atoms with van der Waals surface area (Å²) in [5.41, 5.74) is 0. The van der Waals surface area contributed by atoms with E-state index in [1.165, 1.54) is 0 Å². The van der Waals surface area contributed by atoms with Crippen molar-refractivity contribution in [1.82, 2.24) is 10.3 Å². The normalized spacial score (nSPS) is 13.5. The van der Waals surface area contributed by atoms with Crippen molar-refractivity contribution in [2.24, 2.45) is 0 Å². The SMILES string of the molecule is CC(C)NCC(O)Cc1nccs1. The second-order valence-corrected chi connectivity index (χ2v) is 4.33. The Hall–Kier alpha value is -0.450. The maximum absolute atomic E-state index is 9.57. The molecular weight excluding hydrogens is 184 g/mol. The average Bonchev–Trinajstić information content (AvgIpc) is 2.53. The predicted molar refractivity (Wildman–Crippen MR) is 55.0 cm³/mol. The number of rotatable bonds is 5. The van der Waals surface area contributed by atoms with Crippen LogP contribution >= 0.6 is 11.3 Å². The van der Waals surface area contributed by atoms with Crippen molar-refractivity contribution in [1.29, 1.82) is 0 Å². The summed E-state index contributed by atoms with van der Waals surface area (Å²) >= 11 is 1.59. The maximum Gasteiger partial charge on any atom is 0.0951 e. The third-order valence-electron chi connectivity index (χ3n) is 1.66. The highest BCUT2D eigenvalue weighted by atomic mass is 32.1. The number of hydrogen-bond acceptors (Lipinski definition) is 4. The molecule has 0 saturated carbocycles. The van der Waals surface area contributed by atoms with Gasteiger partial charge in [-0.25, -0.2) is 4.98 Å². The molecule has 0 aromatic carbocycles. The number of aromatic nitrogens is 1. The third-order valence-corrected chi connectivity index (χ3v) is 2.46. The van der Waals surface area contributed by atoms with Gasteiger partial charge in [0, 0.05) is 30.6 Å². The van der Waals surface area contributed by atoms with Gasteiger partial charge in [-0.3, -0.25) is 0 Å². The Morgan fingerprint density at radius 1 is 1.62 bits per heavy atom. The van der Waals surface area contributed by atoms with Crippen molar-refractivity contribution in [2.75, 3.05) is 6.54 Å². The molecular formula is C9H16N2OS. The quantitative estimate of drug-likeness (QED) is 0.746. The van der Waals surface area contributed by atoms with Crippen LogP contribution in [0.4, 0.5) is 0 Å². The van der Waals surface area contributed by atoms with Crippen LogP contribution < -0.4 is 5.32 Å². The van der Waals surface area contributed by atoms with Crippen molar-refractivity contribution in [3.05, 3.63) is 16.6 Å². The van der Waals surface area contributed by atoms with Gasteiger partial charge in [0.1, 0.15) is 0 Å². The zero-order chi connectivity index (χ0) is 9.68. The molecule has 1 aromatic rings. The average molecular weight is 200 g/mol. The first-order chi connectivity index (χ1) is 6.18. The van der Waals surface area contributed by atoms with E-state index >= 15 is 0 Å². The number of aliphatic hydroxyl groups excluding tert-OH is 1. The van der Waals surface area contributed by atoms with Crippen LogP contribution in [-0.2, 0) is 6.42 Å². The lowest BCUT2D eigenvalue weighted by Crippen LogP contribution is -2.32. The van der Waals surface area contributed by atoms with Gasteiger partial charge < -0.3 is 10.4 Å². The van der Waals surface area contributed by atoms with Gasteiger partial charge in [0.2, 0.25) is 0 Å². The molecule has 1 aromatic heterocycles. The number of hydrogen-bond donors (Lipinski definition) is 2. The summed E-state index contributed by atoms with van der Waals surface area (Å²) in [5.74, 6) is 0. The topological polar surface area (TPSA) is 45.1 Å². The minimum atomic E-state index is -0.325. The molecule has 2 N–H and O–H groups in total. The predicted octanol–water partition coefficient (Wildman–Crippen LogP) is 1.04. The Balaban J connectivity index is 2.22. The van der Waals surface area contributed by atoms with Crippen molar-refractivity contribution >= 4 is 11.3 Å². The Kier molecular flexibility index (Phi) is 4.35. The molecule has 0 radical (unpaired) electrons. The van der Waals surface area contributed by atoms with Gasteiger partial charge in [-0.15, -0.1) is 11.3 Å². The number of thiazole rings is 1. The first kappa shape index (κ1) is 10.6. The fourth-order valence-electron chi connectivity index (χ4n) is 0.999. The van der Waals surface area contributed by atoms with E-state index in [1.807, 2.05) is 5.38 Å². The highest BCUT2D eigenvalue weighted by molar-refractivity contribution is 7.09.